The summed E-state index contributed by atoms with van der Waals surface area (Å²) in [6, 6.07) is 0. The van der Waals surface area contributed by atoms with Crippen LogP contribution in [-0.2, 0) is 0 Å². The molecular weight excluding hydrogens is 277 g/mol. The summed E-state index contributed by atoms with van der Waals surface area (Å²) in [6.07, 6.45) is -0.560. The van der Waals surface area contributed by atoms with Crippen LogP contribution in [0.4, 0.5) is 0 Å². The Morgan fingerprint density at radius 2 is 1.83 bits per heavy atom. The fourth-order valence-electron chi connectivity index (χ4n) is 0. The summed E-state index contributed by atoms with van der Waals surface area (Å²) in [5.74, 6) is 0. The van der Waals surface area contributed by atoms with Crippen molar-refractivity contribution in [2.75, 3.05) is 6.61 Å². The summed E-state index contributed by atoms with van der Waals surface area (Å²) in [6.45, 7) is 1.39. The minimum absolute atomic E-state index is 0. The van der Waals surface area contributed by atoms with Crippen molar-refractivity contribution in [1.29, 1.82) is 0 Å². The van der Waals surface area contributed by atoms with Crippen LogP contribution in [0.3, 0.4) is 0 Å². The van der Waals surface area contributed by atoms with Gasteiger partial charge in [0.2, 0.25) is 0 Å². The molecule has 40 valence electrons. The first-order valence-electron chi connectivity index (χ1n) is 1.56. The van der Waals surface area contributed by atoms with Crippen LogP contribution in [0.25, 0.3) is 0 Å². The Balaban J connectivity index is 0. The first-order valence-corrected chi connectivity index (χ1v) is 1.56. The van der Waals surface area contributed by atoms with Crippen molar-refractivity contribution >= 4 is 26.2 Å². The fraction of sp³-hybridized carbons (Fsp3) is 1.00. The third kappa shape index (κ3) is 8.84. The van der Waals surface area contributed by atoms with Gasteiger partial charge in [-0.05, 0) is 6.92 Å². The second-order valence-electron chi connectivity index (χ2n) is 1.03. The van der Waals surface area contributed by atoms with E-state index in [1.165, 1.54) is 6.92 Å². The molecule has 0 rings (SSSR count). The Bertz CT molecular complexity index is 22.8. The molecule has 0 heterocycles. The van der Waals surface area contributed by atoms with Crippen molar-refractivity contribution in [3.05, 3.63) is 0 Å². The number of aliphatic hydroxyl groups excluding tert-OH is 2. The molecule has 2 N–H and O–H groups in total. The Morgan fingerprint density at radius 3 is 1.83 bits per heavy atom. The Morgan fingerprint density at radius 1 is 1.67 bits per heavy atom. The number of aliphatic hydroxyl groups is 2. The van der Waals surface area contributed by atoms with Gasteiger partial charge in [0.25, 0.3) is 0 Å². The molecule has 6 heavy (non-hydrogen) atoms. The zero-order valence-electron chi connectivity index (χ0n) is 3.89. The second-order valence-corrected chi connectivity index (χ2v) is 1.03. The van der Waals surface area contributed by atoms with Gasteiger partial charge in [-0.1, -0.05) is 0 Å². The Labute approximate surface area is 56.3 Å². The molecule has 0 fully saturated rings. The molecule has 0 aliphatic heterocycles. The molecule has 0 saturated heterocycles. The summed E-state index contributed by atoms with van der Waals surface area (Å²) in [7, 11) is 0. The zero-order valence-corrected chi connectivity index (χ0v) is 9.38. The molecule has 0 radical (unpaired) electrons. The van der Waals surface area contributed by atoms with Gasteiger partial charge in [-0.25, -0.2) is 0 Å². The van der Waals surface area contributed by atoms with E-state index >= 15 is 0 Å². The van der Waals surface area contributed by atoms with Gasteiger partial charge < -0.3 is 10.2 Å². The summed E-state index contributed by atoms with van der Waals surface area (Å²) in [4.78, 5) is 0. The van der Waals surface area contributed by atoms with E-state index in [9.17, 15) is 0 Å². The molecule has 1 atom stereocenters. The average molecular weight is 288 g/mol. The van der Waals surface area contributed by atoms with Gasteiger partial charge in [0, 0.05) is 0 Å². The number of hydrogen-bond donors (Lipinski definition) is 2. The maximum absolute atomic E-state index is 8.11. The molecular formula is C3H11BiO2. The predicted molar refractivity (Wildman–Crippen MR) is 28.7 cm³/mol. The molecule has 0 aliphatic rings. The van der Waals surface area contributed by atoms with Crippen LogP contribution < -0.4 is 0 Å². The van der Waals surface area contributed by atoms with E-state index in [0.717, 1.165) is 0 Å². The number of rotatable bonds is 1. The van der Waals surface area contributed by atoms with Crippen LogP contribution in [-0.4, -0.2) is 49.1 Å². The van der Waals surface area contributed by atoms with Crippen LogP contribution >= 0.6 is 0 Å². The summed E-state index contributed by atoms with van der Waals surface area (Å²) < 4.78 is 0. The van der Waals surface area contributed by atoms with Crippen molar-refractivity contribution in [3.8, 4) is 0 Å². The van der Waals surface area contributed by atoms with Gasteiger partial charge >= 0.3 is 26.2 Å². The van der Waals surface area contributed by atoms with Gasteiger partial charge in [-0.15, -0.1) is 0 Å². The molecule has 0 spiro atoms. The third-order valence-corrected chi connectivity index (χ3v) is 0.264. The van der Waals surface area contributed by atoms with Crippen molar-refractivity contribution in [1.82, 2.24) is 0 Å². The van der Waals surface area contributed by atoms with Gasteiger partial charge in [0.05, 0.1) is 12.7 Å². The topological polar surface area (TPSA) is 40.5 Å². The minimum atomic E-state index is -0.560. The van der Waals surface area contributed by atoms with Gasteiger partial charge in [0.1, 0.15) is 0 Å². The van der Waals surface area contributed by atoms with Gasteiger partial charge in [0.15, 0.2) is 0 Å². The molecule has 2 nitrogen and oxygen atoms in total. The van der Waals surface area contributed by atoms with Crippen LogP contribution in [0.15, 0.2) is 0 Å². The molecule has 0 saturated carbocycles. The van der Waals surface area contributed by atoms with E-state index in [4.69, 9.17) is 10.2 Å². The van der Waals surface area contributed by atoms with E-state index in [-0.39, 0.29) is 32.8 Å². The Hall–Kier alpha value is 0.803. The van der Waals surface area contributed by atoms with Crippen LogP contribution in [0.5, 0.6) is 0 Å². The first kappa shape index (κ1) is 9.93. The maximum atomic E-state index is 8.11. The molecule has 3 heteroatoms. The molecule has 0 aliphatic carbocycles. The van der Waals surface area contributed by atoms with Gasteiger partial charge in [-0.2, -0.15) is 0 Å². The second kappa shape index (κ2) is 5.80. The standard InChI is InChI=1S/C3H8O2.Bi.3H/c1-3(5)2-4;;;;/h3-5H,2H2,1H3;;;;. The molecule has 0 aromatic heterocycles. The van der Waals surface area contributed by atoms with E-state index in [1.54, 1.807) is 0 Å². The Kier molecular flexibility index (Phi) is 9.60. The monoisotopic (exact) mass is 288 g/mol. The normalized spacial score (nSPS) is 12.5. The summed E-state index contributed by atoms with van der Waals surface area (Å²) in [5, 5.41) is 16.0. The van der Waals surface area contributed by atoms with Gasteiger partial charge in [-0.3, -0.25) is 0 Å². The zero-order chi connectivity index (χ0) is 4.28. The predicted octanol–water partition coefficient (Wildman–Crippen LogP) is -1.82. The quantitative estimate of drug-likeness (QED) is 0.558. The van der Waals surface area contributed by atoms with Crippen LogP contribution in [0, 0.1) is 0 Å². The van der Waals surface area contributed by atoms with Crippen molar-refractivity contribution in [2.45, 2.75) is 13.0 Å². The molecule has 0 bridgehead atoms. The number of hydrogen-bond acceptors (Lipinski definition) is 2. The van der Waals surface area contributed by atoms with Crippen LogP contribution in [0.2, 0.25) is 0 Å². The fourth-order valence-corrected chi connectivity index (χ4v) is 0. The van der Waals surface area contributed by atoms with Crippen molar-refractivity contribution in [2.24, 2.45) is 0 Å². The van der Waals surface area contributed by atoms with E-state index < -0.39 is 6.10 Å². The summed E-state index contributed by atoms with van der Waals surface area (Å²) >= 11 is 0. The molecule has 1 unspecified atom stereocenters. The molecule has 0 amide bonds. The third-order valence-electron chi connectivity index (χ3n) is 0.264. The first-order chi connectivity index (χ1) is 2.27. The molecule has 0 aromatic rings. The average Bonchev–Trinajstić information content (AvgIpc) is 1.38. The van der Waals surface area contributed by atoms with Crippen molar-refractivity contribution in [3.63, 3.8) is 0 Å². The molecule has 0 aromatic carbocycles. The summed E-state index contributed by atoms with van der Waals surface area (Å²) in [5.41, 5.74) is 0. The van der Waals surface area contributed by atoms with E-state index in [0.29, 0.717) is 0 Å². The van der Waals surface area contributed by atoms with Crippen LogP contribution in [0.1, 0.15) is 6.92 Å². The van der Waals surface area contributed by atoms with E-state index in [2.05, 4.69) is 0 Å². The van der Waals surface area contributed by atoms with Crippen molar-refractivity contribution < 1.29 is 10.2 Å². The van der Waals surface area contributed by atoms with E-state index in [1.807, 2.05) is 0 Å². The SMILES string of the molecule is CC(O)CO.[BiH3].